The molecule has 0 unspecified atom stereocenters. The predicted molar refractivity (Wildman–Crippen MR) is 94.7 cm³/mol. The Balaban J connectivity index is 2.45. The highest BCUT2D eigenvalue weighted by Crippen LogP contribution is 2.23. The molecule has 0 heterocycles. The number of non-ortho nitro benzene ring substituents is 1. The van der Waals surface area contributed by atoms with Crippen LogP contribution in [0.4, 0.5) is 5.69 Å². The van der Waals surface area contributed by atoms with Crippen molar-refractivity contribution in [2.75, 3.05) is 6.61 Å². The molecule has 0 saturated carbocycles. The zero-order chi connectivity index (χ0) is 19.0. The lowest BCUT2D eigenvalue weighted by Gasteiger charge is -2.14. The molecular weight excluding hydrogens is 348 g/mol. The Hall–Kier alpha value is -2.15. The molecule has 0 bridgehead atoms. The number of carbonyl (C=O) groups is 2. The highest BCUT2D eigenvalue weighted by molar-refractivity contribution is 6.33. The zero-order valence-electron chi connectivity index (χ0n) is 14.6. The Morgan fingerprint density at radius 1 is 1.28 bits per heavy atom. The van der Waals surface area contributed by atoms with Crippen LogP contribution in [0.1, 0.15) is 50.4 Å². The van der Waals surface area contributed by atoms with E-state index in [2.05, 4.69) is 19.2 Å². The molecule has 138 valence electrons. The van der Waals surface area contributed by atoms with E-state index in [0.29, 0.717) is 5.92 Å². The Bertz CT molecular complexity index is 633. The van der Waals surface area contributed by atoms with E-state index in [1.165, 1.54) is 6.07 Å². The van der Waals surface area contributed by atoms with Gasteiger partial charge in [-0.25, -0.2) is 4.79 Å². The first-order valence-electron chi connectivity index (χ1n) is 8.11. The monoisotopic (exact) mass is 370 g/mol. The molecule has 1 aromatic carbocycles. The standard InChI is InChI=1S/C17H23ClN2O5/c1-11(2)5-4-6-12(3)19-16(21)10-25-17(22)14-8-7-13(20(23)24)9-15(14)18/h7-9,11-12H,4-6,10H2,1-3H3,(H,19,21)/t12-/m0/s1. The summed E-state index contributed by atoms with van der Waals surface area (Å²) in [7, 11) is 0. The van der Waals surface area contributed by atoms with Gasteiger partial charge in [-0.1, -0.05) is 38.3 Å². The van der Waals surface area contributed by atoms with Crippen molar-refractivity contribution in [2.24, 2.45) is 5.92 Å². The Labute approximate surface area is 151 Å². The van der Waals surface area contributed by atoms with Crippen LogP contribution in [0.25, 0.3) is 0 Å². The third-order valence-electron chi connectivity index (χ3n) is 3.54. The van der Waals surface area contributed by atoms with E-state index in [9.17, 15) is 19.7 Å². The largest absolute Gasteiger partial charge is 0.452 e. The van der Waals surface area contributed by atoms with E-state index >= 15 is 0 Å². The van der Waals surface area contributed by atoms with Crippen LogP contribution in [0.5, 0.6) is 0 Å². The number of nitrogens with zero attached hydrogens (tertiary/aromatic N) is 1. The van der Waals surface area contributed by atoms with Crippen LogP contribution in [0.3, 0.4) is 0 Å². The van der Waals surface area contributed by atoms with E-state index < -0.39 is 23.4 Å². The maximum Gasteiger partial charge on any atom is 0.340 e. The van der Waals surface area contributed by atoms with Crippen LogP contribution in [0.2, 0.25) is 5.02 Å². The van der Waals surface area contributed by atoms with Gasteiger partial charge in [-0.15, -0.1) is 0 Å². The van der Waals surface area contributed by atoms with Gasteiger partial charge in [-0.05, 0) is 25.3 Å². The number of halogens is 1. The number of rotatable bonds is 9. The van der Waals surface area contributed by atoms with Crippen molar-refractivity contribution >= 4 is 29.2 Å². The summed E-state index contributed by atoms with van der Waals surface area (Å²) < 4.78 is 4.91. The summed E-state index contributed by atoms with van der Waals surface area (Å²) in [5.74, 6) is -0.582. The van der Waals surface area contributed by atoms with Crippen molar-refractivity contribution in [3.63, 3.8) is 0 Å². The van der Waals surface area contributed by atoms with E-state index in [-0.39, 0.29) is 22.3 Å². The molecule has 1 amide bonds. The first-order valence-corrected chi connectivity index (χ1v) is 8.49. The Morgan fingerprint density at radius 2 is 1.96 bits per heavy atom. The lowest BCUT2D eigenvalue weighted by Crippen LogP contribution is -2.35. The molecule has 8 heteroatoms. The smallest absolute Gasteiger partial charge is 0.340 e. The zero-order valence-corrected chi connectivity index (χ0v) is 15.3. The molecule has 0 spiro atoms. The number of nitrogens with one attached hydrogen (secondary N) is 1. The van der Waals surface area contributed by atoms with Crippen LogP contribution < -0.4 is 5.32 Å². The average molecular weight is 371 g/mol. The number of ether oxygens (including phenoxy) is 1. The fraction of sp³-hybridized carbons (Fsp3) is 0.529. The van der Waals surface area contributed by atoms with Gasteiger partial charge in [0.15, 0.2) is 6.61 Å². The Morgan fingerprint density at radius 3 is 2.52 bits per heavy atom. The summed E-state index contributed by atoms with van der Waals surface area (Å²) >= 11 is 5.84. The van der Waals surface area contributed by atoms with Gasteiger partial charge in [0, 0.05) is 18.2 Å². The topological polar surface area (TPSA) is 98.5 Å². The maximum absolute atomic E-state index is 11.9. The number of esters is 1. The van der Waals surface area contributed by atoms with E-state index in [1.54, 1.807) is 0 Å². The first kappa shape index (κ1) is 20.9. The second-order valence-electron chi connectivity index (χ2n) is 6.29. The van der Waals surface area contributed by atoms with Crippen molar-refractivity contribution in [3.05, 3.63) is 38.9 Å². The van der Waals surface area contributed by atoms with Gasteiger partial charge < -0.3 is 10.1 Å². The predicted octanol–water partition coefficient (Wildman–Crippen LogP) is 3.74. The number of benzene rings is 1. The van der Waals surface area contributed by atoms with Gasteiger partial charge in [-0.3, -0.25) is 14.9 Å². The van der Waals surface area contributed by atoms with Crippen LogP contribution in [-0.4, -0.2) is 29.4 Å². The molecule has 0 radical (unpaired) electrons. The van der Waals surface area contributed by atoms with E-state index in [1.807, 2.05) is 6.92 Å². The first-order chi connectivity index (χ1) is 11.7. The van der Waals surface area contributed by atoms with Gasteiger partial charge in [0.25, 0.3) is 11.6 Å². The van der Waals surface area contributed by atoms with Crippen molar-refractivity contribution in [1.82, 2.24) is 5.32 Å². The van der Waals surface area contributed by atoms with Gasteiger partial charge in [-0.2, -0.15) is 0 Å². The van der Waals surface area contributed by atoms with Crippen molar-refractivity contribution in [1.29, 1.82) is 0 Å². The molecule has 0 aliphatic heterocycles. The number of amides is 1. The van der Waals surface area contributed by atoms with Crippen molar-refractivity contribution in [3.8, 4) is 0 Å². The minimum Gasteiger partial charge on any atom is -0.452 e. The summed E-state index contributed by atoms with van der Waals surface area (Å²) in [4.78, 5) is 33.8. The minimum atomic E-state index is -0.803. The van der Waals surface area contributed by atoms with Gasteiger partial charge >= 0.3 is 5.97 Å². The third kappa shape index (κ3) is 7.51. The summed E-state index contributed by atoms with van der Waals surface area (Å²) in [5, 5.41) is 13.3. The highest BCUT2D eigenvalue weighted by atomic mass is 35.5. The lowest BCUT2D eigenvalue weighted by atomic mass is 10.0. The SMILES string of the molecule is CC(C)CCC[C@H](C)NC(=O)COC(=O)c1ccc([N+](=O)[O-])cc1Cl. The molecule has 0 aliphatic rings. The number of hydrogen-bond acceptors (Lipinski definition) is 5. The van der Waals surface area contributed by atoms with Crippen LogP contribution in [-0.2, 0) is 9.53 Å². The van der Waals surface area contributed by atoms with Crippen LogP contribution >= 0.6 is 11.6 Å². The Kier molecular flexibility index (Phi) is 8.34. The molecule has 0 aliphatic carbocycles. The number of carbonyl (C=O) groups excluding carboxylic acids is 2. The second kappa shape index (κ2) is 9.98. The van der Waals surface area contributed by atoms with Gasteiger partial charge in [0.05, 0.1) is 15.5 Å². The molecular formula is C17H23ClN2O5. The van der Waals surface area contributed by atoms with Crippen molar-refractivity contribution < 1.29 is 19.2 Å². The highest BCUT2D eigenvalue weighted by Gasteiger charge is 2.17. The molecule has 7 nitrogen and oxygen atoms in total. The summed E-state index contributed by atoms with van der Waals surface area (Å²) in [5.41, 5.74) is -0.250. The molecule has 1 N–H and O–H groups in total. The van der Waals surface area contributed by atoms with Crippen molar-refractivity contribution in [2.45, 2.75) is 46.1 Å². The molecule has 1 aromatic rings. The third-order valence-corrected chi connectivity index (χ3v) is 3.86. The lowest BCUT2D eigenvalue weighted by molar-refractivity contribution is -0.384. The molecule has 0 fully saturated rings. The van der Waals surface area contributed by atoms with Crippen LogP contribution in [0, 0.1) is 16.0 Å². The summed E-state index contributed by atoms with van der Waals surface area (Å²) in [6.07, 6.45) is 2.96. The molecule has 0 aromatic heterocycles. The number of hydrogen-bond donors (Lipinski definition) is 1. The molecule has 25 heavy (non-hydrogen) atoms. The van der Waals surface area contributed by atoms with Gasteiger partial charge in [0.2, 0.25) is 0 Å². The fourth-order valence-electron chi connectivity index (χ4n) is 2.21. The molecule has 0 saturated heterocycles. The number of nitro groups is 1. The average Bonchev–Trinajstić information content (AvgIpc) is 2.51. The summed E-state index contributed by atoms with van der Waals surface area (Å²) in [6.45, 7) is 5.76. The van der Waals surface area contributed by atoms with E-state index in [4.69, 9.17) is 16.3 Å². The second-order valence-corrected chi connectivity index (χ2v) is 6.70. The number of nitro benzene ring substituents is 1. The normalized spacial score (nSPS) is 11.9. The maximum atomic E-state index is 11.9. The van der Waals surface area contributed by atoms with Gasteiger partial charge in [0.1, 0.15) is 0 Å². The minimum absolute atomic E-state index is 0.00656. The molecule has 1 rings (SSSR count). The van der Waals surface area contributed by atoms with E-state index in [0.717, 1.165) is 31.4 Å². The summed E-state index contributed by atoms with van der Waals surface area (Å²) in [6, 6.07) is 3.41. The molecule has 1 atom stereocenters. The van der Waals surface area contributed by atoms with Crippen LogP contribution in [0.15, 0.2) is 18.2 Å². The fourth-order valence-corrected chi connectivity index (χ4v) is 2.46. The quantitative estimate of drug-likeness (QED) is 0.405.